The zero-order valence-corrected chi connectivity index (χ0v) is 13.1. The van der Waals surface area contributed by atoms with Crippen molar-refractivity contribution in [2.75, 3.05) is 12.9 Å². The van der Waals surface area contributed by atoms with Gasteiger partial charge in [0.15, 0.2) is 16.7 Å². The van der Waals surface area contributed by atoms with Gasteiger partial charge in [-0.2, -0.15) is 0 Å². The zero-order valence-electron chi connectivity index (χ0n) is 12.3. The summed E-state index contributed by atoms with van der Waals surface area (Å²) in [6, 6.07) is 2.90. The van der Waals surface area contributed by atoms with Crippen LogP contribution in [-0.4, -0.2) is 33.5 Å². The minimum Gasteiger partial charge on any atom is -0.494 e. The molecular weight excluding hydrogens is 295 g/mol. The lowest BCUT2D eigenvalue weighted by Gasteiger charge is -2.24. The molecule has 0 atom stereocenters. The molecular formula is C14H17FN2O3S. The first-order chi connectivity index (χ1) is 9.74. The van der Waals surface area contributed by atoms with Crippen molar-refractivity contribution in [1.82, 2.24) is 9.55 Å². The number of ether oxygens (including phenoxy) is 1. The summed E-state index contributed by atoms with van der Waals surface area (Å²) in [5.74, 6) is -1.36. The second kappa shape index (κ2) is 5.55. The molecule has 114 valence electrons. The van der Waals surface area contributed by atoms with Crippen LogP contribution in [0.3, 0.4) is 0 Å². The highest BCUT2D eigenvalue weighted by Gasteiger charge is 2.23. The van der Waals surface area contributed by atoms with Crippen LogP contribution in [0.15, 0.2) is 17.3 Å². The molecule has 0 radical (unpaired) electrons. The van der Waals surface area contributed by atoms with E-state index >= 15 is 0 Å². The molecule has 0 aliphatic rings. The molecule has 0 saturated carbocycles. The minimum absolute atomic E-state index is 0.0982. The molecule has 2 aromatic rings. The van der Waals surface area contributed by atoms with Crippen LogP contribution in [0.4, 0.5) is 4.39 Å². The van der Waals surface area contributed by atoms with E-state index in [0.717, 1.165) is 11.8 Å². The van der Waals surface area contributed by atoms with E-state index in [9.17, 15) is 9.18 Å². The quantitative estimate of drug-likeness (QED) is 0.879. The first-order valence-electron chi connectivity index (χ1n) is 6.35. The van der Waals surface area contributed by atoms with Gasteiger partial charge in [-0.3, -0.25) is 4.79 Å². The standard InChI is InChI=1S/C14H17FN2O3S/c1-14(2,3)17-10-6-11(20-4)8(15)5-9(10)16-13(17)21-7-12(18)19/h5-6H,7H2,1-4H3,(H,18,19). The fourth-order valence-electron chi connectivity index (χ4n) is 2.08. The van der Waals surface area contributed by atoms with Gasteiger partial charge in [0.05, 0.1) is 23.9 Å². The van der Waals surface area contributed by atoms with Gasteiger partial charge in [-0.15, -0.1) is 0 Å². The number of benzene rings is 1. The van der Waals surface area contributed by atoms with Crippen molar-refractivity contribution >= 4 is 28.8 Å². The summed E-state index contributed by atoms with van der Waals surface area (Å²) >= 11 is 1.12. The molecule has 0 saturated heterocycles. The highest BCUT2D eigenvalue weighted by molar-refractivity contribution is 7.99. The topological polar surface area (TPSA) is 64.3 Å². The number of imidazole rings is 1. The summed E-state index contributed by atoms with van der Waals surface area (Å²) in [5.41, 5.74) is 0.878. The molecule has 1 aromatic carbocycles. The van der Waals surface area contributed by atoms with Crippen molar-refractivity contribution in [2.45, 2.75) is 31.5 Å². The number of rotatable bonds is 4. The molecule has 5 nitrogen and oxygen atoms in total. The first kappa shape index (κ1) is 15.6. The van der Waals surface area contributed by atoms with Crippen molar-refractivity contribution in [1.29, 1.82) is 0 Å². The van der Waals surface area contributed by atoms with E-state index in [1.54, 1.807) is 6.07 Å². The van der Waals surface area contributed by atoms with Crippen LogP contribution < -0.4 is 4.74 Å². The Labute approximate surface area is 126 Å². The van der Waals surface area contributed by atoms with Gasteiger partial charge in [-0.25, -0.2) is 9.37 Å². The lowest BCUT2D eigenvalue weighted by Crippen LogP contribution is -2.22. The summed E-state index contributed by atoms with van der Waals surface area (Å²) in [6.45, 7) is 5.94. The van der Waals surface area contributed by atoms with E-state index in [2.05, 4.69) is 4.98 Å². The third kappa shape index (κ3) is 3.12. The molecule has 0 amide bonds. The van der Waals surface area contributed by atoms with E-state index in [1.165, 1.54) is 13.2 Å². The normalized spacial score (nSPS) is 11.9. The van der Waals surface area contributed by atoms with Crippen molar-refractivity contribution in [3.05, 3.63) is 17.9 Å². The van der Waals surface area contributed by atoms with E-state index < -0.39 is 11.8 Å². The molecule has 1 aromatic heterocycles. The number of carboxylic acids is 1. The lowest BCUT2D eigenvalue weighted by atomic mass is 10.1. The van der Waals surface area contributed by atoms with Crippen LogP contribution >= 0.6 is 11.8 Å². The van der Waals surface area contributed by atoms with Crippen molar-refractivity contribution < 1.29 is 19.0 Å². The number of methoxy groups -OCH3 is 1. The van der Waals surface area contributed by atoms with Gasteiger partial charge in [-0.1, -0.05) is 11.8 Å². The predicted molar refractivity (Wildman–Crippen MR) is 79.6 cm³/mol. The maximum atomic E-state index is 13.8. The molecule has 21 heavy (non-hydrogen) atoms. The Kier molecular flexibility index (Phi) is 4.13. The predicted octanol–water partition coefficient (Wildman–Crippen LogP) is 3.12. The average Bonchev–Trinajstić information content (AvgIpc) is 2.72. The molecule has 0 aliphatic heterocycles. The average molecular weight is 312 g/mol. The van der Waals surface area contributed by atoms with Crippen molar-refractivity contribution in [2.24, 2.45) is 0 Å². The summed E-state index contributed by atoms with van der Waals surface area (Å²) in [7, 11) is 1.40. The number of thioether (sulfide) groups is 1. The van der Waals surface area contributed by atoms with Crippen molar-refractivity contribution in [3.8, 4) is 5.75 Å². The number of hydrogen-bond donors (Lipinski definition) is 1. The van der Waals surface area contributed by atoms with Gasteiger partial charge in [0.1, 0.15) is 0 Å². The number of carbonyl (C=O) groups is 1. The van der Waals surface area contributed by atoms with E-state index in [-0.39, 0.29) is 17.0 Å². The second-order valence-corrected chi connectivity index (χ2v) is 6.50. The molecule has 0 aliphatic carbocycles. The molecule has 1 N–H and O–H groups in total. The van der Waals surface area contributed by atoms with E-state index in [1.807, 2.05) is 25.3 Å². The van der Waals surface area contributed by atoms with Crippen LogP contribution in [0.25, 0.3) is 11.0 Å². The third-order valence-electron chi connectivity index (χ3n) is 2.89. The summed E-state index contributed by atoms with van der Waals surface area (Å²) < 4.78 is 20.7. The molecule has 2 rings (SSSR count). The molecule has 0 bridgehead atoms. The summed E-state index contributed by atoms with van der Waals surface area (Å²) in [4.78, 5) is 15.1. The van der Waals surface area contributed by atoms with E-state index in [0.29, 0.717) is 16.2 Å². The van der Waals surface area contributed by atoms with Crippen LogP contribution in [0.2, 0.25) is 0 Å². The molecule has 0 unspecified atom stereocenters. The van der Waals surface area contributed by atoms with Crippen LogP contribution in [-0.2, 0) is 10.3 Å². The van der Waals surface area contributed by atoms with Gasteiger partial charge < -0.3 is 14.4 Å². The number of aromatic nitrogens is 2. The number of carboxylic acid groups (broad SMARTS) is 1. The number of aliphatic carboxylic acids is 1. The number of hydrogen-bond acceptors (Lipinski definition) is 4. The molecule has 0 fully saturated rings. The maximum absolute atomic E-state index is 13.8. The maximum Gasteiger partial charge on any atom is 0.313 e. The Morgan fingerprint density at radius 3 is 2.67 bits per heavy atom. The fourth-order valence-corrected chi connectivity index (χ4v) is 3.00. The fraction of sp³-hybridized carbons (Fsp3) is 0.429. The summed E-state index contributed by atoms with van der Waals surface area (Å²) in [5, 5.41) is 9.38. The Morgan fingerprint density at radius 2 is 2.14 bits per heavy atom. The highest BCUT2D eigenvalue weighted by Crippen LogP contribution is 2.33. The monoisotopic (exact) mass is 312 g/mol. The Hall–Kier alpha value is -1.76. The van der Waals surface area contributed by atoms with Gasteiger partial charge in [0, 0.05) is 17.7 Å². The number of nitrogens with zero attached hydrogens (tertiary/aromatic N) is 2. The van der Waals surface area contributed by atoms with E-state index in [4.69, 9.17) is 9.84 Å². The van der Waals surface area contributed by atoms with Gasteiger partial charge in [-0.05, 0) is 20.8 Å². The second-order valence-electron chi connectivity index (χ2n) is 5.56. The van der Waals surface area contributed by atoms with Crippen LogP contribution in [0, 0.1) is 5.82 Å². The lowest BCUT2D eigenvalue weighted by molar-refractivity contribution is -0.133. The molecule has 0 spiro atoms. The van der Waals surface area contributed by atoms with Gasteiger partial charge >= 0.3 is 5.97 Å². The van der Waals surface area contributed by atoms with Gasteiger partial charge in [0.2, 0.25) is 0 Å². The minimum atomic E-state index is -0.920. The smallest absolute Gasteiger partial charge is 0.313 e. The summed E-state index contributed by atoms with van der Waals surface area (Å²) in [6.07, 6.45) is 0. The Bertz CT molecular complexity index is 692. The highest BCUT2D eigenvalue weighted by atomic mass is 32.2. The molecule has 1 heterocycles. The first-order valence-corrected chi connectivity index (χ1v) is 7.33. The number of fused-ring (bicyclic) bond motifs is 1. The van der Waals surface area contributed by atoms with Gasteiger partial charge in [0.25, 0.3) is 0 Å². The third-order valence-corrected chi connectivity index (χ3v) is 3.82. The largest absolute Gasteiger partial charge is 0.494 e. The Balaban J connectivity index is 2.65. The molecule has 7 heteroatoms. The van der Waals surface area contributed by atoms with Crippen molar-refractivity contribution in [3.63, 3.8) is 0 Å². The Morgan fingerprint density at radius 1 is 1.48 bits per heavy atom. The van der Waals surface area contributed by atoms with Crippen LogP contribution in [0.5, 0.6) is 5.75 Å². The zero-order chi connectivity index (χ0) is 15.8. The number of halogens is 1. The van der Waals surface area contributed by atoms with Crippen LogP contribution in [0.1, 0.15) is 20.8 Å². The SMILES string of the molecule is COc1cc2c(cc1F)nc(SCC(=O)O)n2C(C)(C)C.